The molecule has 0 saturated carbocycles. The molecular weight excluding hydrogens is 343 g/mol. The van der Waals surface area contributed by atoms with E-state index >= 15 is 0 Å². The summed E-state index contributed by atoms with van der Waals surface area (Å²) in [6.07, 6.45) is 3.56. The summed E-state index contributed by atoms with van der Waals surface area (Å²) in [5.74, 6) is 0. The van der Waals surface area contributed by atoms with E-state index in [1.807, 2.05) is 18.3 Å². The number of halogens is 2. The minimum Gasteiger partial charge on any atom is -0.397 e. The Kier molecular flexibility index (Phi) is 2.42. The average molecular weight is 349 g/mol. The quantitative estimate of drug-likeness (QED) is 0.586. The SMILES string of the molecule is Nc1c(I)cc(Br)c2cnccc12. The number of fused-ring (bicyclic) bond motifs is 1. The largest absolute Gasteiger partial charge is 0.397 e. The molecule has 0 spiro atoms. The number of rotatable bonds is 0. The van der Waals surface area contributed by atoms with E-state index < -0.39 is 0 Å². The second-order valence-corrected chi connectivity index (χ2v) is 4.69. The van der Waals surface area contributed by atoms with Gasteiger partial charge in [0.1, 0.15) is 0 Å². The van der Waals surface area contributed by atoms with Crippen LogP contribution in [0.3, 0.4) is 0 Å². The summed E-state index contributed by atoms with van der Waals surface area (Å²) in [6.45, 7) is 0. The van der Waals surface area contributed by atoms with Gasteiger partial charge in [0.15, 0.2) is 0 Å². The number of benzene rings is 1. The Morgan fingerprint density at radius 1 is 1.38 bits per heavy atom. The molecule has 1 heterocycles. The molecule has 2 nitrogen and oxygen atoms in total. The minimum absolute atomic E-state index is 0.821. The molecule has 0 bridgehead atoms. The lowest BCUT2D eigenvalue weighted by Crippen LogP contribution is -1.92. The Bertz CT molecular complexity index is 470. The van der Waals surface area contributed by atoms with E-state index in [0.29, 0.717) is 0 Å². The van der Waals surface area contributed by atoms with Gasteiger partial charge in [-0.25, -0.2) is 0 Å². The first-order valence-corrected chi connectivity index (χ1v) is 5.54. The molecule has 0 fully saturated rings. The fourth-order valence-electron chi connectivity index (χ4n) is 1.22. The van der Waals surface area contributed by atoms with E-state index in [9.17, 15) is 0 Å². The fraction of sp³-hybridized carbons (Fsp3) is 0. The van der Waals surface area contributed by atoms with Crippen molar-refractivity contribution in [3.63, 3.8) is 0 Å². The van der Waals surface area contributed by atoms with E-state index in [4.69, 9.17) is 5.73 Å². The van der Waals surface area contributed by atoms with Gasteiger partial charge >= 0.3 is 0 Å². The number of anilines is 1. The first-order chi connectivity index (χ1) is 6.20. The molecule has 0 aliphatic rings. The number of pyridine rings is 1. The topological polar surface area (TPSA) is 38.9 Å². The molecule has 1 aromatic heterocycles. The third-order valence-corrected chi connectivity index (χ3v) is 3.43. The summed E-state index contributed by atoms with van der Waals surface area (Å²) >= 11 is 5.70. The zero-order valence-electron chi connectivity index (χ0n) is 6.59. The highest BCUT2D eigenvalue weighted by Crippen LogP contribution is 2.31. The van der Waals surface area contributed by atoms with Crippen molar-refractivity contribution in [1.82, 2.24) is 4.98 Å². The molecule has 0 atom stereocenters. The Morgan fingerprint density at radius 2 is 2.15 bits per heavy atom. The van der Waals surface area contributed by atoms with Crippen molar-refractivity contribution in [1.29, 1.82) is 0 Å². The highest BCUT2D eigenvalue weighted by atomic mass is 127. The predicted octanol–water partition coefficient (Wildman–Crippen LogP) is 3.18. The maximum absolute atomic E-state index is 5.93. The smallest absolute Gasteiger partial charge is 0.0531 e. The zero-order chi connectivity index (χ0) is 9.42. The summed E-state index contributed by atoms with van der Waals surface area (Å²) in [5, 5.41) is 2.11. The Balaban J connectivity index is 2.97. The van der Waals surface area contributed by atoms with Gasteiger partial charge < -0.3 is 5.73 Å². The maximum atomic E-state index is 5.93. The highest BCUT2D eigenvalue weighted by molar-refractivity contribution is 14.1. The first-order valence-electron chi connectivity index (χ1n) is 3.67. The van der Waals surface area contributed by atoms with Crippen LogP contribution in [0, 0.1) is 3.57 Å². The predicted molar refractivity (Wildman–Crippen MR) is 66.6 cm³/mol. The Labute approximate surface area is 97.8 Å². The molecule has 66 valence electrons. The summed E-state index contributed by atoms with van der Waals surface area (Å²) < 4.78 is 2.09. The van der Waals surface area contributed by atoms with Gasteiger partial charge in [0.2, 0.25) is 0 Å². The molecule has 2 rings (SSSR count). The number of nitrogens with zero attached hydrogens (tertiary/aromatic N) is 1. The molecule has 2 N–H and O–H groups in total. The van der Waals surface area contributed by atoms with E-state index in [0.717, 1.165) is 24.5 Å². The van der Waals surface area contributed by atoms with Gasteiger partial charge in [0.25, 0.3) is 0 Å². The van der Waals surface area contributed by atoms with E-state index in [2.05, 4.69) is 43.5 Å². The van der Waals surface area contributed by atoms with Gasteiger partial charge in [-0.2, -0.15) is 0 Å². The van der Waals surface area contributed by atoms with Crippen molar-refractivity contribution >= 4 is 55.0 Å². The van der Waals surface area contributed by atoms with Gasteiger partial charge in [0.05, 0.1) is 5.69 Å². The molecule has 0 radical (unpaired) electrons. The molecule has 0 aliphatic heterocycles. The zero-order valence-corrected chi connectivity index (χ0v) is 10.3. The van der Waals surface area contributed by atoms with Crippen LogP contribution in [0.2, 0.25) is 0 Å². The van der Waals surface area contributed by atoms with Gasteiger partial charge in [-0.3, -0.25) is 4.98 Å². The van der Waals surface area contributed by atoms with Crippen LogP contribution >= 0.6 is 38.5 Å². The number of hydrogen-bond acceptors (Lipinski definition) is 2. The van der Waals surface area contributed by atoms with Crippen LogP contribution in [-0.4, -0.2) is 4.98 Å². The fourth-order valence-corrected chi connectivity index (χ4v) is 2.79. The summed E-state index contributed by atoms with van der Waals surface area (Å²) in [6, 6.07) is 3.93. The second kappa shape index (κ2) is 3.42. The lowest BCUT2D eigenvalue weighted by molar-refractivity contribution is 1.36. The third-order valence-electron chi connectivity index (χ3n) is 1.88. The van der Waals surface area contributed by atoms with Gasteiger partial charge in [0, 0.05) is 31.2 Å². The van der Waals surface area contributed by atoms with E-state index in [-0.39, 0.29) is 0 Å². The van der Waals surface area contributed by atoms with Crippen LogP contribution < -0.4 is 5.73 Å². The van der Waals surface area contributed by atoms with Gasteiger partial charge in [-0.1, -0.05) is 15.9 Å². The Hall–Kier alpha value is -0.360. The molecule has 1 aromatic carbocycles. The number of hydrogen-bond donors (Lipinski definition) is 1. The molecule has 0 saturated heterocycles. The lowest BCUT2D eigenvalue weighted by atomic mass is 10.1. The van der Waals surface area contributed by atoms with Crippen molar-refractivity contribution < 1.29 is 0 Å². The van der Waals surface area contributed by atoms with Crippen molar-refractivity contribution in [2.24, 2.45) is 0 Å². The molecule has 13 heavy (non-hydrogen) atoms. The highest BCUT2D eigenvalue weighted by Gasteiger charge is 2.05. The molecule has 0 amide bonds. The Morgan fingerprint density at radius 3 is 2.92 bits per heavy atom. The standard InChI is InChI=1S/C9H6BrIN2/c10-7-3-8(11)9(12)5-1-2-13-4-6(5)7/h1-4H,12H2. The molecule has 0 aliphatic carbocycles. The van der Waals surface area contributed by atoms with Crippen molar-refractivity contribution in [2.75, 3.05) is 5.73 Å². The second-order valence-electron chi connectivity index (χ2n) is 2.68. The lowest BCUT2D eigenvalue weighted by Gasteiger charge is -2.05. The number of nitrogen functional groups attached to an aromatic ring is 1. The van der Waals surface area contributed by atoms with Gasteiger partial charge in [-0.15, -0.1) is 0 Å². The van der Waals surface area contributed by atoms with Crippen LogP contribution in [0.1, 0.15) is 0 Å². The molecule has 4 heteroatoms. The van der Waals surface area contributed by atoms with Gasteiger partial charge in [-0.05, 0) is 34.7 Å². The summed E-state index contributed by atoms with van der Waals surface area (Å²) in [5.41, 5.74) is 6.75. The monoisotopic (exact) mass is 348 g/mol. The molecule has 2 aromatic rings. The summed E-state index contributed by atoms with van der Waals surface area (Å²) in [4.78, 5) is 4.06. The number of nitrogens with two attached hydrogens (primary N) is 1. The van der Waals surface area contributed by atoms with Crippen molar-refractivity contribution in [3.8, 4) is 0 Å². The van der Waals surface area contributed by atoms with Crippen molar-refractivity contribution in [3.05, 3.63) is 32.6 Å². The average Bonchev–Trinajstić information content (AvgIpc) is 2.15. The normalized spacial score (nSPS) is 10.6. The van der Waals surface area contributed by atoms with Crippen LogP contribution in [0.5, 0.6) is 0 Å². The summed E-state index contributed by atoms with van der Waals surface area (Å²) in [7, 11) is 0. The third kappa shape index (κ3) is 1.52. The van der Waals surface area contributed by atoms with Crippen molar-refractivity contribution in [2.45, 2.75) is 0 Å². The van der Waals surface area contributed by atoms with Crippen LogP contribution in [-0.2, 0) is 0 Å². The number of aromatic nitrogens is 1. The maximum Gasteiger partial charge on any atom is 0.0531 e. The van der Waals surface area contributed by atoms with E-state index in [1.54, 1.807) is 6.20 Å². The van der Waals surface area contributed by atoms with Crippen LogP contribution in [0.4, 0.5) is 5.69 Å². The van der Waals surface area contributed by atoms with Crippen LogP contribution in [0.25, 0.3) is 10.8 Å². The van der Waals surface area contributed by atoms with Crippen LogP contribution in [0.15, 0.2) is 29.0 Å². The molecule has 0 unspecified atom stereocenters. The van der Waals surface area contributed by atoms with E-state index in [1.165, 1.54) is 0 Å². The minimum atomic E-state index is 0.821. The first kappa shape index (κ1) is 9.21. The molecular formula is C9H6BrIN2.